The number of allylic oxidation sites excluding steroid dienone is 2. The molecular formula is C12H9BrO2. The molecule has 0 N–H and O–H groups in total. The maximum atomic E-state index is 12.0. The van der Waals surface area contributed by atoms with Crippen LogP contribution in [0.25, 0.3) is 0 Å². The predicted octanol–water partition coefficient (Wildman–Crippen LogP) is 2.78. The molecule has 0 spiro atoms. The van der Waals surface area contributed by atoms with Crippen LogP contribution in [0.5, 0.6) is 0 Å². The van der Waals surface area contributed by atoms with Crippen LogP contribution in [-0.4, -0.2) is 16.9 Å². The SMILES string of the molecule is CC1=C(CBr)C(=O)c2ccccc2C1=O. The Kier molecular flexibility index (Phi) is 2.57. The summed E-state index contributed by atoms with van der Waals surface area (Å²) in [5, 5.41) is 0.428. The van der Waals surface area contributed by atoms with Gasteiger partial charge in [-0.05, 0) is 6.92 Å². The third-order valence-corrected chi connectivity index (χ3v) is 3.18. The van der Waals surface area contributed by atoms with Gasteiger partial charge in [0.1, 0.15) is 0 Å². The topological polar surface area (TPSA) is 34.1 Å². The highest BCUT2D eigenvalue weighted by Gasteiger charge is 2.28. The molecule has 2 rings (SSSR count). The summed E-state index contributed by atoms with van der Waals surface area (Å²) in [4.78, 5) is 23.9. The van der Waals surface area contributed by atoms with Crippen molar-refractivity contribution in [2.45, 2.75) is 6.92 Å². The molecule has 0 fully saturated rings. The van der Waals surface area contributed by atoms with Crippen LogP contribution in [0.4, 0.5) is 0 Å². The van der Waals surface area contributed by atoms with E-state index in [0.29, 0.717) is 27.6 Å². The molecule has 15 heavy (non-hydrogen) atoms. The average Bonchev–Trinajstić information content (AvgIpc) is 2.27. The van der Waals surface area contributed by atoms with Gasteiger partial charge in [-0.15, -0.1) is 0 Å². The molecule has 0 saturated heterocycles. The van der Waals surface area contributed by atoms with Gasteiger partial charge in [0, 0.05) is 27.6 Å². The van der Waals surface area contributed by atoms with Gasteiger partial charge in [-0.2, -0.15) is 0 Å². The van der Waals surface area contributed by atoms with Crippen molar-refractivity contribution in [2.75, 3.05) is 5.33 Å². The fourth-order valence-corrected chi connectivity index (χ4v) is 2.39. The number of carbonyl (C=O) groups excluding carboxylic acids is 2. The first kappa shape index (κ1) is 10.3. The summed E-state index contributed by atoms with van der Waals surface area (Å²) in [6, 6.07) is 6.95. The van der Waals surface area contributed by atoms with Crippen molar-refractivity contribution in [3.05, 3.63) is 46.5 Å². The van der Waals surface area contributed by atoms with Crippen LogP contribution < -0.4 is 0 Å². The zero-order valence-corrected chi connectivity index (χ0v) is 9.80. The van der Waals surface area contributed by atoms with Crippen molar-refractivity contribution in [3.8, 4) is 0 Å². The van der Waals surface area contributed by atoms with Gasteiger partial charge in [0.05, 0.1) is 0 Å². The van der Waals surface area contributed by atoms with Gasteiger partial charge >= 0.3 is 0 Å². The molecule has 0 unspecified atom stereocenters. The molecule has 0 heterocycles. The molecular weight excluding hydrogens is 256 g/mol. The number of carbonyl (C=O) groups is 2. The summed E-state index contributed by atoms with van der Waals surface area (Å²) in [6.45, 7) is 1.70. The molecule has 76 valence electrons. The third kappa shape index (κ3) is 1.47. The second kappa shape index (κ2) is 3.74. The first-order valence-corrected chi connectivity index (χ1v) is 5.73. The number of rotatable bonds is 1. The van der Waals surface area contributed by atoms with Crippen molar-refractivity contribution in [2.24, 2.45) is 0 Å². The third-order valence-electron chi connectivity index (χ3n) is 2.62. The summed E-state index contributed by atoms with van der Waals surface area (Å²) in [7, 11) is 0. The van der Waals surface area contributed by atoms with E-state index in [1.807, 2.05) is 0 Å². The molecule has 1 aromatic carbocycles. The molecule has 3 heteroatoms. The van der Waals surface area contributed by atoms with Crippen molar-refractivity contribution >= 4 is 27.5 Å². The fraction of sp³-hybridized carbons (Fsp3) is 0.167. The molecule has 1 aliphatic carbocycles. The maximum Gasteiger partial charge on any atom is 0.191 e. The van der Waals surface area contributed by atoms with Crippen molar-refractivity contribution in [1.82, 2.24) is 0 Å². The van der Waals surface area contributed by atoms with Crippen LogP contribution in [0.2, 0.25) is 0 Å². The molecule has 0 amide bonds. The second-order valence-electron chi connectivity index (χ2n) is 3.44. The smallest absolute Gasteiger partial charge is 0.191 e. The maximum absolute atomic E-state index is 12.0. The highest BCUT2D eigenvalue weighted by Crippen LogP contribution is 2.26. The van der Waals surface area contributed by atoms with Crippen molar-refractivity contribution in [1.29, 1.82) is 0 Å². The molecule has 0 aromatic heterocycles. The highest BCUT2D eigenvalue weighted by molar-refractivity contribution is 9.09. The molecule has 0 radical (unpaired) electrons. The number of benzene rings is 1. The lowest BCUT2D eigenvalue weighted by atomic mass is 9.85. The standard InChI is InChI=1S/C12H9BrO2/c1-7-10(6-13)12(15)9-5-3-2-4-8(9)11(7)14/h2-5H,6H2,1H3. The van der Waals surface area contributed by atoms with Gasteiger partial charge < -0.3 is 0 Å². The minimum atomic E-state index is -0.0421. The van der Waals surface area contributed by atoms with Crippen LogP contribution in [0.1, 0.15) is 27.6 Å². The van der Waals surface area contributed by atoms with E-state index >= 15 is 0 Å². The van der Waals surface area contributed by atoms with Gasteiger partial charge in [-0.3, -0.25) is 9.59 Å². The quantitative estimate of drug-likeness (QED) is 0.731. The Balaban J connectivity index is 2.68. The molecule has 1 aromatic rings. The van der Waals surface area contributed by atoms with E-state index in [1.165, 1.54) is 0 Å². The van der Waals surface area contributed by atoms with E-state index in [-0.39, 0.29) is 11.6 Å². The van der Waals surface area contributed by atoms with Crippen LogP contribution >= 0.6 is 15.9 Å². The van der Waals surface area contributed by atoms with E-state index in [2.05, 4.69) is 15.9 Å². The first-order valence-electron chi connectivity index (χ1n) is 4.61. The number of ketones is 2. The number of fused-ring (bicyclic) bond motifs is 1. The van der Waals surface area contributed by atoms with Crippen LogP contribution in [0.3, 0.4) is 0 Å². The predicted molar refractivity (Wildman–Crippen MR) is 61.6 cm³/mol. The monoisotopic (exact) mass is 264 g/mol. The molecule has 0 bridgehead atoms. The van der Waals surface area contributed by atoms with Gasteiger partial charge in [0.15, 0.2) is 11.6 Å². The number of hydrogen-bond acceptors (Lipinski definition) is 2. The molecule has 2 nitrogen and oxygen atoms in total. The summed E-state index contributed by atoms with van der Waals surface area (Å²) in [5.41, 5.74) is 2.15. The zero-order chi connectivity index (χ0) is 11.0. The van der Waals surface area contributed by atoms with Crippen molar-refractivity contribution < 1.29 is 9.59 Å². The van der Waals surface area contributed by atoms with Crippen molar-refractivity contribution in [3.63, 3.8) is 0 Å². The minimum Gasteiger partial charge on any atom is -0.289 e. The Labute approximate surface area is 96.1 Å². The number of alkyl halides is 1. The van der Waals surface area contributed by atoms with Gasteiger partial charge in [0.2, 0.25) is 0 Å². The minimum absolute atomic E-state index is 0.0420. The Hall–Kier alpha value is -1.22. The van der Waals surface area contributed by atoms with Crippen LogP contribution in [-0.2, 0) is 0 Å². The Morgan fingerprint density at radius 2 is 1.60 bits per heavy atom. The van der Waals surface area contributed by atoms with E-state index in [9.17, 15) is 9.59 Å². The Bertz CT molecular complexity index is 486. The zero-order valence-electron chi connectivity index (χ0n) is 8.21. The number of hydrogen-bond donors (Lipinski definition) is 0. The lowest BCUT2D eigenvalue weighted by Crippen LogP contribution is -2.21. The number of halogens is 1. The normalized spacial score (nSPS) is 15.6. The van der Waals surface area contributed by atoms with Gasteiger partial charge in [-0.1, -0.05) is 40.2 Å². The molecule has 0 saturated carbocycles. The summed E-state index contributed by atoms with van der Waals surface area (Å²) in [6.07, 6.45) is 0. The second-order valence-corrected chi connectivity index (χ2v) is 4.00. The van der Waals surface area contributed by atoms with Gasteiger partial charge in [0.25, 0.3) is 0 Å². The van der Waals surface area contributed by atoms with Crippen LogP contribution in [0, 0.1) is 0 Å². The molecule has 1 aliphatic rings. The largest absolute Gasteiger partial charge is 0.289 e. The van der Waals surface area contributed by atoms with E-state index in [1.54, 1.807) is 31.2 Å². The van der Waals surface area contributed by atoms with E-state index < -0.39 is 0 Å². The summed E-state index contributed by atoms with van der Waals surface area (Å²) < 4.78 is 0. The Morgan fingerprint density at radius 3 is 2.13 bits per heavy atom. The highest BCUT2D eigenvalue weighted by atomic mass is 79.9. The molecule has 0 atom stereocenters. The summed E-state index contributed by atoms with van der Waals surface area (Å²) >= 11 is 3.24. The van der Waals surface area contributed by atoms with E-state index in [4.69, 9.17) is 0 Å². The van der Waals surface area contributed by atoms with Crippen LogP contribution in [0.15, 0.2) is 35.4 Å². The molecule has 0 aliphatic heterocycles. The first-order chi connectivity index (χ1) is 7.16. The van der Waals surface area contributed by atoms with E-state index in [0.717, 1.165) is 0 Å². The fourth-order valence-electron chi connectivity index (χ4n) is 1.71. The Morgan fingerprint density at radius 1 is 1.07 bits per heavy atom. The summed E-state index contributed by atoms with van der Waals surface area (Å²) in [5.74, 6) is -0.0841. The lowest BCUT2D eigenvalue weighted by molar-refractivity contribution is 0.0975. The lowest BCUT2D eigenvalue weighted by Gasteiger charge is -2.17. The van der Waals surface area contributed by atoms with Gasteiger partial charge in [-0.25, -0.2) is 0 Å². The number of Topliss-reactive ketones (excluding diaryl/α,β-unsaturated/α-hetero) is 2. The average molecular weight is 265 g/mol.